The van der Waals surface area contributed by atoms with Gasteiger partial charge in [-0.3, -0.25) is 4.79 Å². The van der Waals surface area contributed by atoms with Crippen molar-refractivity contribution in [2.24, 2.45) is 0 Å². The Morgan fingerprint density at radius 2 is 1.90 bits per heavy atom. The van der Waals surface area contributed by atoms with Crippen molar-refractivity contribution in [1.82, 2.24) is 5.32 Å². The molecule has 1 atom stereocenters. The van der Waals surface area contributed by atoms with Crippen LogP contribution in [0.25, 0.3) is 0 Å². The molecule has 0 aliphatic rings. The number of nitrogens with one attached hydrogen (secondary N) is 1. The van der Waals surface area contributed by atoms with Gasteiger partial charge in [0.2, 0.25) is 0 Å². The third kappa shape index (κ3) is 5.04. The molecule has 0 radical (unpaired) electrons. The highest BCUT2D eigenvalue weighted by Gasteiger charge is 2.08. The van der Waals surface area contributed by atoms with E-state index in [2.05, 4.69) is 24.4 Å². The third-order valence-corrected chi connectivity index (χ3v) is 3.49. The largest absolute Gasteiger partial charge is 0.508 e. The SMILES string of the molecule is C[C@H](CCc1ccccc1)NCC(=O)c1cccc(O)c1. The van der Waals surface area contributed by atoms with E-state index in [1.807, 2.05) is 18.2 Å². The van der Waals surface area contributed by atoms with Crippen LogP contribution in [0.4, 0.5) is 0 Å². The average molecular weight is 283 g/mol. The molecule has 0 amide bonds. The maximum atomic E-state index is 12.0. The van der Waals surface area contributed by atoms with Crippen LogP contribution in [0.3, 0.4) is 0 Å². The van der Waals surface area contributed by atoms with Crippen LogP contribution in [0.15, 0.2) is 54.6 Å². The lowest BCUT2D eigenvalue weighted by molar-refractivity contribution is 0.0987. The van der Waals surface area contributed by atoms with E-state index < -0.39 is 0 Å². The molecule has 0 saturated carbocycles. The van der Waals surface area contributed by atoms with Crippen LogP contribution in [0.5, 0.6) is 5.75 Å². The van der Waals surface area contributed by atoms with Crippen LogP contribution in [0.1, 0.15) is 29.3 Å². The molecule has 0 heterocycles. The molecular weight excluding hydrogens is 262 g/mol. The van der Waals surface area contributed by atoms with Crippen LogP contribution >= 0.6 is 0 Å². The summed E-state index contributed by atoms with van der Waals surface area (Å²) in [7, 11) is 0. The maximum Gasteiger partial charge on any atom is 0.176 e. The van der Waals surface area contributed by atoms with Crippen LogP contribution in [0, 0.1) is 0 Å². The zero-order chi connectivity index (χ0) is 15.1. The van der Waals surface area contributed by atoms with Gasteiger partial charge in [0.1, 0.15) is 5.75 Å². The van der Waals surface area contributed by atoms with E-state index in [1.54, 1.807) is 18.2 Å². The van der Waals surface area contributed by atoms with E-state index in [-0.39, 0.29) is 17.6 Å². The van der Waals surface area contributed by atoms with E-state index in [9.17, 15) is 9.90 Å². The minimum absolute atomic E-state index is 0.00235. The molecule has 2 N–H and O–H groups in total. The number of ketones is 1. The summed E-state index contributed by atoms with van der Waals surface area (Å²) >= 11 is 0. The first-order valence-corrected chi connectivity index (χ1v) is 7.24. The molecule has 2 aromatic carbocycles. The predicted octanol–water partition coefficient (Wildman–Crippen LogP) is 3.19. The maximum absolute atomic E-state index is 12.0. The van der Waals surface area contributed by atoms with Gasteiger partial charge in [0, 0.05) is 11.6 Å². The third-order valence-electron chi connectivity index (χ3n) is 3.49. The number of carbonyl (C=O) groups excluding carboxylic acids is 1. The van der Waals surface area contributed by atoms with Crippen molar-refractivity contribution in [3.63, 3.8) is 0 Å². The summed E-state index contributed by atoms with van der Waals surface area (Å²) in [5.74, 6) is 0.121. The number of hydrogen-bond donors (Lipinski definition) is 2. The summed E-state index contributed by atoms with van der Waals surface area (Å²) in [6, 6.07) is 17.1. The molecular formula is C18H21NO2. The topological polar surface area (TPSA) is 49.3 Å². The minimum Gasteiger partial charge on any atom is -0.508 e. The molecule has 0 fully saturated rings. The molecule has 0 aliphatic heterocycles. The Balaban J connectivity index is 1.76. The van der Waals surface area contributed by atoms with E-state index in [4.69, 9.17) is 0 Å². The molecule has 2 rings (SSSR count). The fourth-order valence-corrected chi connectivity index (χ4v) is 2.18. The highest BCUT2D eigenvalue weighted by Crippen LogP contribution is 2.11. The molecule has 110 valence electrons. The van der Waals surface area contributed by atoms with Crippen molar-refractivity contribution >= 4 is 5.78 Å². The second kappa shape index (κ2) is 7.60. The predicted molar refractivity (Wildman–Crippen MR) is 84.7 cm³/mol. The number of aryl methyl sites for hydroxylation is 1. The van der Waals surface area contributed by atoms with Crippen molar-refractivity contribution in [1.29, 1.82) is 0 Å². The minimum atomic E-state index is -0.00235. The Labute approximate surface area is 125 Å². The van der Waals surface area contributed by atoms with Gasteiger partial charge in [0.05, 0.1) is 6.54 Å². The summed E-state index contributed by atoms with van der Waals surface area (Å²) in [6.45, 7) is 2.37. The lowest BCUT2D eigenvalue weighted by Crippen LogP contribution is -2.31. The smallest absolute Gasteiger partial charge is 0.176 e. The lowest BCUT2D eigenvalue weighted by Gasteiger charge is -2.13. The average Bonchev–Trinajstić information content (AvgIpc) is 2.51. The van der Waals surface area contributed by atoms with Crippen molar-refractivity contribution in [2.45, 2.75) is 25.8 Å². The van der Waals surface area contributed by atoms with Gasteiger partial charge in [0.25, 0.3) is 0 Å². The Morgan fingerprint density at radius 3 is 2.62 bits per heavy atom. The van der Waals surface area contributed by atoms with Gasteiger partial charge in [-0.2, -0.15) is 0 Å². The number of phenolic OH excluding ortho intramolecular Hbond substituents is 1. The first-order valence-electron chi connectivity index (χ1n) is 7.24. The fraction of sp³-hybridized carbons (Fsp3) is 0.278. The van der Waals surface area contributed by atoms with Gasteiger partial charge in [0.15, 0.2) is 5.78 Å². The Morgan fingerprint density at radius 1 is 1.14 bits per heavy atom. The molecule has 0 spiro atoms. The molecule has 2 aromatic rings. The Hall–Kier alpha value is -2.13. The summed E-state index contributed by atoms with van der Waals surface area (Å²) in [4.78, 5) is 12.0. The monoisotopic (exact) mass is 283 g/mol. The highest BCUT2D eigenvalue weighted by atomic mass is 16.3. The zero-order valence-corrected chi connectivity index (χ0v) is 12.3. The van der Waals surface area contributed by atoms with Gasteiger partial charge < -0.3 is 10.4 Å². The van der Waals surface area contributed by atoms with Crippen molar-refractivity contribution < 1.29 is 9.90 Å². The van der Waals surface area contributed by atoms with Crippen molar-refractivity contribution in [2.75, 3.05) is 6.54 Å². The molecule has 0 aliphatic carbocycles. The van der Waals surface area contributed by atoms with Crippen LogP contribution in [0.2, 0.25) is 0 Å². The van der Waals surface area contributed by atoms with Crippen LogP contribution < -0.4 is 5.32 Å². The van der Waals surface area contributed by atoms with Crippen molar-refractivity contribution in [3.8, 4) is 5.75 Å². The van der Waals surface area contributed by atoms with E-state index in [0.29, 0.717) is 12.1 Å². The van der Waals surface area contributed by atoms with Crippen molar-refractivity contribution in [3.05, 3.63) is 65.7 Å². The molecule has 3 nitrogen and oxygen atoms in total. The molecule has 0 saturated heterocycles. The molecule has 0 unspecified atom stereocenters. The number of hydrogen-bond acceptors (Lipinski definition) is 3. The second-order valence-corrected chi connectivity index (χ2v) is 5.28. The lowest BCUT2D eigenvalue weighted by atomic mass is 10.1. The fourth-order valence-electron chi connectivity index (χ4n) is 2.18. The summed E-state index contributed by atoms with van der Waals surface area (Å²) < 4.78 is 0. The van der Waals surface area contributed by atoms with Gasteiger partial charge in [-0.25, -0.2) is 0 Å². The number of Topliss-reactive ketones (excluding diaryl/α,β-unsaturated/α-hetero) is 1. The number of benzene rings is 2. The van der Waals surface area contributed by atoms with Gasteiger partial charge in [-0.05, 0) is 37.5 Å². The van der Waals surface area contributed by atoms with Gasteiger partial charge in [-0.15, -0.1) is 0 Å². The Bertz CT molecular complexity index is 581. The normalized spacial score (nSPS) is 12.0. The molecule has 0 aromatic heterocycles. The first kappa shape index (κ1) is 15.3. The van der Waals surface area contributed by atoms with Gasteiger partial charge >= 0.3 is 0 Å². The van der Waals surface area contributed by atoms with Crippen LogP contribution in [-0.4, -0.2) is 23.5 Å². The number of carbonyl (C=O) groups is 1. The quantitative estimate of drug-likeness (QED) is 0.767. The first-order chi connectivity index (χ1) is 10.1. The highest BCUT2D eigenvalue weighted by molar-refractivity contribution is 5.97. The zero-order valence-electron chi connectivity index (χ0n) is 12.3. The summed E-state index contributed by atoms with van der Waals surface area (Å²) in [5, 5.41) is 12.6. The number of phenols is 1. The molecule has 3 heteroatoms. The van der Waals surface area contributed by atoms with Gasteiger partial charge in [-0.1, -0.05) is 42.5 Å². The summed E-state index contributed by atoms with van der Waals surface area (Å²) in [5.41, 5.74) is 1.85. The van der Waals surface area contributed by atoms with Crippen LogP contribution in [-0.2, 0) is 6.42 Å². The molecule has 0 bridgehead atoms. The number of rotatable bonds is 7. The summed E-state index contributed by atoms with van der Waals surface area (Å²) in [6.07, 6.45) is 1.98. The Kier molecular flexibility index (Phi) is 5.52. The molecule has 21 heavy (non-hydrogen) atoms. The van der Waals surface area contributed by atoms with E-state index in [1.165, 1.54) is 11.6 Å². The number of aromatic hydroxyl groups is 1. The second-order valence-electron chi connectivity index (χ2n) is 5.28. The van der Waals surface area contributed by atoms with E-state index >= 15 is 0 Å². The standard InChI is InChI=1S/C18H21NO2/c1-14(10-11-15-6-3-2-4-7-15)19-13-18(21)16-8-5-9-17(20)12-16/h2-9,12,14,19-20H,10-11,13H2,1H3/t14-/m1/s1. The van der Waals surface area contributed by atoms with E-state index in [0.717, 1.165) is 12.8 Å².